The Balaban J connectivity index is 1.46. The molecule has 5 rings (SSSR count). The predicted octanol–water partition coefficient (Wildman–Crippen LogP) is 4.49. The van der Waals surface area contributed by atoms with Gasteiger partial charge in [-0.05, 0) is 74.9 Å². The van der Waals surface area contributed by atoms with Crippen molar-refractivity contribution in [1.82, 2.24) is 14.5 Å². The molecule has 1 saturated carbocycles. The molecule has 3 aromatic rings. The molecule has 2 unspecified atom stereocenters. The number of benzene rings is 2. The maximum absolute atomic E-state index is 13.3. The van der Waals surface area contributed by atoms with E-state index in [9.17, 15) is 9.59 Å². The highest BCUT2D eigenvalue weighted by atomic mass is 16.2. The van der Waals surface area contributed by atoms with Gasteiger partial charge in [0.05, 0.1) is 16.6 Å². The van der Waals surface area contributed by atoms with Crippen molar-refractivity contribution in [3.63, 3.8) is 0 Å². The summed E-state index contributed by atoms with van der Waals surface area (Å²) >= 11 is 0. The van der Waals surface area contributed by atoms with Crippen LogP contribution in [0.2, 0.25) is 0 Å². The highest BCUT2D eigenvalue weighted by Crippen LogP contribution is 2.36. The summed E-state index contributed by atoms with van der Waals surface area (Å²) in [5, 5.41) is 0.597. The highest BCUT2D eigenvalue weighted by molar-refractivity contribution is 5.94. The molecule has 2 heterocycles. The normalized spacial score (nSPS) is 21.4. The number of piperidine rings is 1. The summed E-state index contributed by atoms with van der Waals surface area (Å²) in [5.74, 6) is 1.43. The lowest BCUT2D eigenvalue weighted by Crippen LogP contribution is -2.49. The minimum absolute atomic E-state index is 0.0849. The van der Waals surface area contributed by atoms with Crippen LogP contribution in [0.5, 0.6) is 0 Å². The summed E-state index contributed by atoms with van der Waals surface area (Å²) < 4.78 is 1.62. The number of nitrogens with zero attached hydrogens (tertiary/aromatic N) is 3. The van der Waals surface area contributed by atoms with Gasteiger partial charge in [0.2, 0.25) is 0 Å². The highest BCUT2D eigenvalue weighted by Gasteiger charge is 2.35. The minimum Gasteiger partial charge on any atom is -0.335 e. The summed E-state index contributed by atoms with van der Waals surface area (Å²) in [6.07, 6.45) is 7.26. The number of hydrogen-bond donors (Lipinski definition) is 0. The third-order valence-electron chi connectivity index (χ3n) is 6.82. The second-order valence-electron chi connectivity index (χ2n) is 8.62. The van der Waals surface area contributed by atoms with Crippen LogP contribution < -0.4 is 5.56 Å². The van der Waals surface area contributed by atoms with Crippen LogP contribution in [0.15, 0.2) is 53.3 Å². The monoisotopic (exact) mass is 401 g/mol. The second kappa shape index (κ2) is 7.71. The molecule has 0 spiro atoms. The Morgan fingerprint density at radius 3 is 2.53 bits per heavy atom. The van der Waals surface area contributed by atoms with Gasteiger partial charge in [-0.25, -0.2) is 4.98 Å². The van der Waals surface area contributed by atoms with Gasteiger partial charge in [0.25, 0.3) is 11.5 Å². The molecular formula is C25H27N3O2. The standard InChI is InChI=1S/C25H27N3O2/c1-17-26-22-10-4-3-9-21(22)25(30)28(17)20-14-12-19(13-15-20)24(29)27-16-6-8-18-7-2-5-11-23(18)27/h3-4,9-10,12-15,18,23H,2,5-8,11,16H2,1H3. The fraction of sp³-hybridized carbons (Fsp3) is 0.400. The molecule has 1 saturated heterocycles. The molecule has 1 aliphatic heterocycles. The summed E-state index contributed by atoms with van der Waals surface area (Å²) in [6, 6.07) is 15.2. The van der Waals surface area contributed by atoms with Crippen molar-refractivity contribution in [1.29, 1.82) is 0 Å². The largest absolute Gasteiger partial charge is 0.335 e. The van der Waals surface area contributed by atoms with Crippen molar-refractivity contribution in [3.8, 4) is 5.69 Å². The number of fused-ring (bicyclic) bond motifs is 2. The summed E-state index contributed by atoms with van der Waals surface area (Å²) in [6.45, 7) is 2.69. The Kier molecular flexibility index (Phi) is 4.89. The number of likely N-dealkylation sites (tertiary alicyclic amines) is 1. The summed E-state index contributed by atoms with van der Waals surface area (Å²) in [4.78, 5) is 33.0. The predicted molar refractivity (Wildman–Crippen MR) is 118 cm³/mol. The molecule has 1 aromatic heterocycles. The Hall–Kier alpha value is -2.95. The molecule has 0 bridgehead atoms. The molecule has 1 amide bonds. The van der Waals surface area contributed by atoms with Gasteiger partial charge in [0, 0.05) is 18.2 Å². The van der Waals surface area contributed by atoms with Gasteiger partial charge in [-0.15, -0.1) is 0 Å². The van der Waals surface area contributed by atoms with E-state index in [4.69, 9.17) is 0 Å². The number of carbonyl (C=O) groups excluding carboxylic acids is 1. The number of rotatable bonds is 2. The first-order valence-electron chi connectivity index (χ1n) is 11.0. The topological polar surface area (TPSA) is 55.2 Å². The van der Waals surface area contributed by atoms with Crippen LogP contribution in [-0.2, 0) is 0 Å². The van der Waals surface area contributed by atoms with Gasteiger partial charge in [0.15, 0.2) is 0 Å². The van der Waals surface area contributed by atoms with Gasteiger partial charge < -0.3 is 4.90 Å². The van der Waals surface area contributed by atoms with Crippen molar-refractivity contribution in [2.75, 3.05) is 6.54 Å². The van der Waals surface area contributed by atoms with E-state index in [1.54, 1.807) is 10.6 Å². The number of hydrogen-bond acceptors (Lipinski definition) is 3. The van der Waals surface area contributed by atoms with Crippen LogP contribution in [0.25, 0.3) is 16.6 Å². The van der Waals surface area contributed by atoms with Gasteiger partial charge in [0.1, 0.15) is 5.82 Å². The van der Waals surface area contributed by atoms with E-state index in [0.717, 1.165) is 25.1 Å². The molecule has 1 aliphatic carbocycles. The Morgan fingerprint density at radius 2 is 1.70 bits per heavy atom. The summed E-state index contributed by atoms with van der Waals surface area (Å²) in [5.41, 5.74) is 2.05. The third-order valence-corrected chi connectivity index (χ3v) is 6.82. The van der Waals surface area contributed by atoms with E-state index in [-0.39, 0.29) is 11.5 Å². The lowest BCUT2D eigenvalue weighted by atomic mass is 9.78. The zero-order chi connectivity index (χ0) is 20.7. The zero-order valence-corrected chi connectivity index (χ0v) is 17.4. The van der Waals surface area contributed by atoms with Crippen molar-refractivity contribution < 1.29 is 4.79 Å². The van der Waals surface area contributed by atoms with Crippen LogP contribution >= 0.6 is 0 Å². The maximum Gasteiger partial charge on any atom is 0.265 e. The number of para-hydroxylation sites is 1. The maximum atomic E-state index is 13.3. The molecule has 2 aliphatic rings. The molecule has 2 aromatic carbocycles. The fourth-order valence-corrected chi connectivity index (χ4v) is 5.34. The van der Waals surface area contributed by atoms with Crippen molar-refractivity contribution in [3.05, 3.63) is 70.3 Å². The number of aromatic nitrogens is 2. The van der Waals surface area contributed by atoms with E-state index in [1.165, 1.54) is 25.7 Å². The van der Waals surface area contributed by atoms with Gasteiger partial charge >= 0.3 is 0 Å². The van der Waals surface area contributed by atoms with Crippen LogP contribution in [-0.4, -0.2) is 32.9 Å². The first kappa shape index (κ1) is 19.0. The lowest BCUT2D eigenvalue weighted by molar-refractivity contribution is 0.0390. The Morgan fingerprint density at radius 1 is 0.967 bits per heavy atom. The number of amides is 1. The van der Waals surface area contributed by atoms with Crippen LogP contribution in [0.3, 0.4) is 0 Å². The average Bonchev–Trinajstić information content (AvgIpc) is 2.79. The zero-order valence-electron chi connectivity index (χ0n) is 17.4. The van der Waals surface area contributed by atoms with Gasteiger partial charge in [-0.3, -0.25) is 14.2 Å². The number of carbonyl (C=O) groups is 1. The van der Waals surface area contributed by atoms with E-state index >= 15 is 0 Å². The van der Waals surface area contributed by atoms with E-state index in [0.29, 0.717) is 34.3 Å². The first-order chi connectivity index (χ1) is 14.6. The SMILES string of the molecule is Cc1nc2ccccc2c(=O)n1-c1ccc(C(=O)N2CCCC3CCCCC32)cc1. The molecule has 5 nitrogen and oxygen atoms in total. The quantitative estimate of drug-likeness (QED) is 0.636. The molecular weight excluding hydrogens is 374 g/mol. The second-order valence-corrected chi connectivity index (χ2v) is 8.62. The van der Waals surface area contributed by atoms with Gasteiger partial charge in [-0.1, -0.05) is 25.0 Å². The minimum atomic E-state index is -0.0849. The first-order valence-corrected chi connectivity index (χ1v) is 11.0. The van der Waals surface area contributed by atoms with Crippen molar-refractivity contribution >= 4 is 16.8 Å². The average molecular weight is 402 g/mol. The van der Waals surface area contributed by atoms with E-state index in [2.05, 4.69) is 9.88 Å². The molecule has 5 heteroatoms. The fourth-order valence-electron chi connectivity index (χ4n) is 5.34. The summed E-state index contributed by atoms with van der Waals surface area (Å²) in [7, 11) is 0. The molecule has 0 N–H and O–H groups in total. The lowest BCUT2D eigenvalue weighted by Gasteiger charge is -2.44. The van der Waals surface area contributed by atoms with E-state index < -0.39 is 0 Å². The van der Waals surface area contributed by atoms with Gasteiger partial charge in [-0.2, -0.15) is 0 Å². The third kappa shape index (κ3) is 3.22. The number of aryl methyl sites for hydroxylation is 1. The van der Waals surface area contributed by atoms with Crippen LogP contribution in [0, 0.1) is 12.8 Å². The molecule has 154 valence electrons. The van der Waals surface area contributed by atoms with Crippen molar-refractivity contribution in [2.24, 2.45) is 5.92 Å². The van der Waals surface area contributed by atoms with E-state index in [1.807, 2.05) is 49.4 Å². The van der Waals surface area contributed by atoms with Crippen LogP contribution in [0.1, 0.15) is 54.7 Å². The van der Waals surface area contributed by atoms with Crippen molar-refractivity contribution in [2.45, 2.75) is 51.5 Å². The molecule has 0 radical (unpaired) electrons. The molecule has 2 atom stereocenters. The van der Waals surface area contributed by atoms with Crippen LogP contribution in [0.4, 0.5) is 0 Å². The Labute approximate surface area is 176 Å². The smallest absolute Gasteiger partial charge is 0.265 e. The molecule has 30 heavy (non-hydrogen) atoms. The Bertz CT molecular complexity index is 1150. The molecule has 2 fully saturated rings.